The number of hydrogen-bond acceptors (Lipinski definition) is 9. The molecule has 2 aromatic heterocycles. The van der Waals surface area contributed by atoms with Crippen molar-refractivity contribution in [2.24, 2.45) is 0 Å². The number of piperidine rings is 1. The van der Waals surface area contributed by atoms with E-state index in [2.05, 4.69) is 75.8 Å². The van der Waals surface area contributed by atoms with E-state index in [0.29, 0.717) is 17.1 Å². The number of benzene rings is 1. The predicted molar refractivity (Wildman–Crippen MR) is 124 cm³/mol. The van der Waals surface area contributed by atoms with Crippen LogP contribution in [0.1, 0.15) is 40.5 Å². The van der Waals surface area contributed by atoms with Gasteiger partial charge in [0.15, 0.2) is 11.6 Å². The molecular weight excluding hydrogens is 425 g/mol. The molecule has 4 rings (SSSR count). The summed E-state index contributed by atoms with van der Waals surface area (Å²) in [6, 6.07) is 5.48. The Kier molecular flexibility index (Phi) is 5.91. The number of likely N-dealkylation sites (tertiary alicyclic amines) is 1. The Morgan fingerprint density at radius 2 is 1.85 bits per heavy atom. The fourth-order valence-corrected chi connectivity index (χ4v) is 4.51. The standard InChI is InChI=1S/C22H30FN9O/c1-21(2)10-15(11-22(3,4)31(21)5)26-19-18(23)12-24-20(28-19)27-14-7-16(9-17(8-14)33-6)32-13-25-29-30-32/h7-9,12-13,15H,10-11H2,1-6H3,(H2,24,26,27,28). The monoisotopic (exact) mass is 455 g/mol. The Bertz CT molecular complexity index is 1100. The molecule has 1 aromatic carbocycles. The number of halogens is 1. The summed E-state index contributed by atoms with van der Waals surface area (Å²) < 4.78 is 21.5. The molecule has 0 unspecified atom stereocenters. The maximum absolute atomic E-state index is 14.6. The van der Waals surface area contributed by atoms with Gasteiger partial charge in [-0.15, -0.1) is 5.10 Å². The lowest BCUT2D eigenvalue weighted by atomic mass is 9.77. The lowest BCUT2D eigenvalue weighted by Crippen LogP contribution is -2.61. The van der Waals surface area contributed by atoms with Gasteiger partial charge >= 0.3 is 0 Å². The lowest BCUT2D eigenvalue weighted by Gasteiger charge is -2.53. The van der Waals surface area contributed by atoms with Gasteiger partial charge in [-0.25, -0.2) is 14.1 Å². The number of tetrazole rings is 1. The van der Waals surface area contributed by atoms with Gasteiger partial charge in [0.1, 0.15) is 12.1 Å². The van der Waals surface area contributed by atoms with Crippen molar-refractivity contribution in [1.82, 2.24) is 35.1 Å². The zero-order valence-electron chi connectivity index (χ0n) is 19.8. The minimum Gasteiger partial charge on any atom is -0.497 e. The molecule has 1 fully saturated rings. The van der Waals surface area contributed by atoms with Crippen LogP contribution in [0.25, 0.3) is 5.69 Å². The SMILES string of the molecule is COc1cc(Nc2ncc(F)c(NC3CC(C)(C)N(C)C(C)(C)C3)n2)cc(-n2cnnn2)c1. The van der Waals surface area contributed by atoms with Crippen LogP contribution in [-0.4, -0.2) is 66.4 Å². The summed E-state index contributed by atoms with van der Waals surface area (Å²) in [7, 11) is 3.71. The molecular formula is C22H30FN9O. The number of hydrogen-bond donors (Lipinski definition) is 2. The Balaban J connectivity index is 1.57. The largest absolute Gasteiger partial charge is 0.497 e. The van der Waals surface area contributed by atoms with Crippen molar-refractivity contribution in [1.29, 1.82) is 0 Å². The normalized spacial score (nSPS) is 18.2. The maximum atomic E-state index is 14.6. The van der Waals surface area contributed by atoms with Gasteiger partial charge in [-0.05, 0) is 64.1 Å². The van der Waals surface area contributed by atoms with Crippen LogP contribution < -0.4 is 15.4 Å². The second kappa shape index (κ2) is 8.54. The van der Waals surface area contributed by atoms with Crippen molar-refractivity contribution in [3.05, 3.63) is 36.5 Å². The molecule has 3 aromatic rings. The Labute approximate surface area is 192 Å². The van der Waals surface area contributed by atoms with E-state index in [9.17, 15) is 4.39 Å². The predicted octanol–water partition coefficient (Wildman–Crippen LogP) is 3.41. The first kappa shape index (κ1) is 22.8. The van der Waals surface area contributed by atoms with E-state index in [1.807, 2.05) is 6.07 Å². The van der Waals surface area contributed by atoms with Crippen molar-refractivity contribution in [2.45, 2.75) is 57.7 Å². The van der Waals surface area contributed by atoms with E-state index in [1.54, 1.807) is 19.2 Å². The van der Waals surface area contributed by atoms with Crippen molar-refractivity contribution in [3.63, 3.8) is 0 Å². The zero-order chi connectivity index (χ0) is 23.8. The molecule has 176 valence electrons. The molecule has 0 amide bonds. The molecule has 0 radical (unpaired) electrons. The van der Waals surface area contributed by atoms with Crippen molar-refractivity contribution in [3.8, 4) is 11.4 Å². The summed E-state index contributed by atoms with van der Waals surface area (Å²) in [5, 5.41) is 17.7. The van der Waals surface area contributed by atoms with E-state index in [1.165, 1.54) is 17.2 Å². The number of rotatable bonds is 6. The molecule has 1 saturated heterocycles. The average molecular weight is 456 g/mol. The van der Waals surface area contributed by atoms with E-state index in [-0.39, 0.29) is 28.9 Å². The van der Waals surface area contributed by atoms with Crippen LogP contribution in [0, 0.1) is 5.82 Å². The second-order valence-electron chi connectivity index (χ2n) is 9.62. The van der Waals surface area contributed by atoms with Crippen molar-refractivity contribution < 1.29 is 9.13 Å². The molecule has 0 aliphatic carbocycles. The third-order valence-corrected chi connectivity index (χ3v) is 6.39. The lowest BCUT2D eigenvalue weighted by molar-refractivity contribution is -0.00778. The minimum absolute atomic E-state index is 0.0305. The highest BCUT2D eigenvalue weighted by atomic mass is 19.1. The third kappa shape index (κ3) is 4.87. The van der Waals surface area contributed by atoms with E-state index < -0.39 is 5.82 Å². The topological polar surface area (TPSA) is 106 Å². The zero-order valence-corrected chi connectivity index (χ0v) is 19.8. The summed E-state index contributed by atoms with van der Waals surface area (Å²) in [5.74, 6) is 0.551. The third-order valence-electron chi connectivity index (χ3n) is 6.39. The summed E-state index contributed by atoms with van der Waals surface area (Å²) in [4.78, 5) is 10.9. The van der Waals surface area contributed by atoms with Gasteiger partial charge in [-0.2, -0.15) is 4.98 Å². The van der Waals surface area contributed by atoms with Crippen LogP contribution in [-0.2, 0) is 0 Å². The molecule has 1 aliphatic rings. The molecule has 33 heavy (non-hydrogen) atoms. The molecule has 0 atom stereocenters. The van der Waals surface area contributed by atoms with Gasteiger partial charge in [0.2, 0.25) is 5.95 Å². The first-order valence-corrected chi connectivity index (χ1v) is 10.8. The van der Waals surface area contributed by atoms with Crippen LogP contribution in [0.15, 0.2) is 30.7 Å². The van der Waals surface area contributed by atoms with Gasteiger partial charge in [-0.1, -0.05) is 0 Å². The van der Waals surface area contributed by atoms with Crippen LogP contribution in [0.2, 0.25) is 0 Å². The number of ether oxygens (including phenoxy) is 1. The highest BCUT2D eigenvalue weighted by molar-refractivity contribution is 5.61. The van der Waals surface area contributed by atoms with E-state index in [4.69, 9.17) is 4.74 Å². The molecule has 1 aliphatic heterocycles. The van der Waals surface area contributed by atoms with Gasteiger partial charge in [0, 0.05) is 34.9 Å². The fraction of sp³-hybridized carbons (Fsp3) is 0.500. The number of methoxy groups -OCH3 is 1. The first-order chi connectivity index (χ1) is 15.6. The van der Waals surface area contributed by atoms with E-state index in [0.717, 1.165) is 12.8 Å². The summed E-state index contributed by atoms with van der Waals surface area (Å²) in [6.07, 6.45) is 4.39. The number of nitrogens with zero attached hydrogens (tertiary/aromatic N) is 7. The highest BCUT2D eigenvalue weighted by Crippen LogP contribution is 2.38. The van der Waals surface area contributed by atoms with Gasteiger partial charge < -0.3 is 15.4 Å². The van der Waals surface area contributed by atoms with Crippen LogP contribution >= 0.6 is 0 Å². The van der Waals surface area contributed by atoms with Crippen LogP contribution in [0.3, 0.4) is 0 Å². The van der Waals surface area contributed by atoms with Gasteiger partial charge in [-0.3, -0.25) is 4.90 Å². The number of anilines is 3. The summed E-state index contributed by atoms with van der Waals surface area (Å²) in [6.45, 7) is 8.82. The Morgan fingerprint density at radius 3 is 2.48 bits per heavy atom. The molecule has 11 heteroatoms. The average Bonchev–Trinajstić information content (AvgIpc) is 3.29. The molecule has 0 saturated carbocycles. The minimum atomic E-state index is -0.491. The van der Waals surface area contributed by atoms with Crippen molar-refractivity contribution >= 4 is 17.5 Å². The Morgan fingerprint density at radius 1 is 1.12 bits per heavy atom. The highest BCUT2D eigenvalue weighted by Gasteiger charge is 2.43. The van der Waals surface area contributed by atoms with Crippen LogP contribution in [0.5, 0.6) is 5.75 Å². The molecule has 2 N–H and O–H groups in total. The smallest absolute Gasteiger partial charge is 0.229 e. The maximum Gasteiger partial charge on any atom is 0.229 e. The fourth-order valence-electron chi connectivity index (χ4n) is 4.51. The number of nitrogens with one attached hydrogen (secondary N) is 2. The molecule has 3 heterocycles. The van der Waals surface area contributed by atoms with Crippen LogP contribution in [0.4, 0.5) is 21.8 Å². The molecule has 0 spiro atoms. The Hall–Kier alpha value is -3.34. The molecule has 0 bridgehead atoms. The summed E-state index contributed by atoms with van der Waals surface area (Å²) >= 11 is 0. The van der Waals surface area contributed by atoms with Crippen molar-refractivity contribution in [2.75, 3.05) is 24.8 Å². The van der Waals surface area contributed by atoms with E-state index >= 15 is 0 Å². The number of aromatic nitrogens is 6. The van der Waals surface area contributed by atoms with Gasteiger partial charge in [0.05, 0.1) is 19.0 Å². The second-order valence-corrected chi connectivity index (χ2v) is 9.62. The van der Waals surface area contributed by atoms with Gasteiger partial charge in [0.25, 0.3) is 0 Å². The summed E-state index contributed by atoms with van der Waals surface area (Å²) in [5.41, 5.74) is 1.28. The quantitative estimate of drug-likeness (QED) is 0.578. The molecule has 10 nitrogen and oxygen atoms in total. The first-order valence-electron chi connectivity index (χ1n) is 10.8.